The smallest absolute Gasteiger partial charge is 0.326 e. The van der Waals surface area contributed by atoms with Crippen LogP contribution in [0.4, 0.5) is 0 Å². The quantitative estimate of drug-likeness (QED) is 0.0319. The minimum atomic E-state index is -1.94. The van der Waals surface area contributed by atoms with Crippen LogP contribution in [0.1, 0.15) is 117 Å². The highest BCUT2D eigenvalue weighted by Gasteiger charge is 2.38. The zero-order valence-corrected chi connectivity index (χ0v) is 50.9. The number of amides is 10. The number of aliphatic hydroxyl groups excluding tert-OH is 1. The molecule has 2 aromatic carbocycles. The van der Waals surface area contributed by atoms with Gasteiger partial charge in [-0.25, -0.2) is 4.79 Å². The molecule has 2 rings (SSSR count). The van der Waals surface area contributed by atoms with Crippen LogP contribution < -0.4 is 65.1 Å². The van der Waals surface area contributed by atoms with Crippen molar-refractivity contribution in [1.29, 1.82) is 0 Å². The molecule has 12 atom stereocenters. The van der Waals surface area contributed by atoms with Crippen LogP contribution in [0.3, 0.4) is 0 Å². The average molecular weight is 1260 g/mol. The molecule has 89 heavy (non-hydrogen) atoms. The van der Waals surface area contributed by atoms with Crippen LogP contribution in [-0.2, 0) is 75.2 Å². The van der Waals surface area contributed by atoms with E-state index in [-0.39, 0.29) is 50.1 Å². The molecule has 21 N–H and O–H groups in total. The lowest BCUT2D eigenvalue weighted by Crippen LogP contribution is -2.63. The van der Waals surface area contributed by atoms with Crippen molar-refractivity contribution in [1.82, 2.24) is 47.9 Å². The second kappa shape index (κ2) is 37.7. The first-order valence-corrected chi connectivity index (χ1v) is 29.1. The Labute approximate surface area is 514 Å². The number of primary amides is 1. The number of benzene rings is 2. The molecule has 0 heterocycles. The van der Waals surface area contributed by atoms with Crippen molar-refractivity contribution in [2.75, 3.05) is 6.54 Å². The topological polar surface area (TPSA) is 530 Å². The van der Waals surface area contributed by atoms with Crippen molar-refractivity contribution < 1.29 is 93.0 Å². The lowest BCUT2D eigenvalue weighted by atomic mass is 9.97. The van der Waals surface area contributed by atoms with E-state index in [4.69, 9.17) is 22.3 Å². The number of aliphatic hydroxyl groups is 1. The number of carboxylic acids is 3. The second-order valence-corrected chi connectivity index (χ2v) is 22.4. The van der Waals surface area contributed by atoms with Crippen LogP contribution in [-0.4, -0.2) is 181 Å². The Morgan fingerprint density at radius 1 is 0.438 bits per heavy atom. The van der Waals surface area contributed by atoms with E-state index in [0.717, 1.165) is 6.92 Å². The van der Waals surface area contributed by atoms with Gasteiger partial charge in [0.25, 0.3) is 0 Å². The molecule has 0 aromatic heterocycles. The SMILES string of the molecule is CC[C@H](C)[C@H](NC(=O)[C@H](Cc1ccc(O)cc1)NC(=O)[C@H](CCC(N)=O)NC(=O)[C@@H](NC(=O)[C@@H](NC(=O)[C@H](CCC(=O)O)NC(=O)[C@@H](NC(=O)[C@H](Cc1ccc(O)cc1)NC(=O)[C@H](CCCN)NC(=O)[C@@H](N)CCC(=O)O)[C@@H](C)O)C(C)C)C(C)C)C(=O)O. The fourth-order valence-electron chi connectivity index (χ4n) is 8.76. The maximum absolute atomic E-state index is 14.2. The molecule has 31 nitrogen and oxygen atoms in total. The van der Waals surface area contributed by atoms with E-state index < -0.39 is 193 Å². The minimum Gasteiger partial charge on any atom is -0.508 e. The molecule has 0 aliphatic heterocycles. The van der Waals surface area contributed by atoms with E-state index in [2.05, 4.69) is 47.9 Å². The number of hydrogen-bond donors (Lipinski definition) is 18. The first-order valence-electron chi connectivity index (χ1n) is 29.1. The number of hydrogen-bond acceptors (Lipinski definition) is 18. The second-order valence-electron chi connectivity index (χ2n) is 22.4. The van der Waals surface area contributed by atoms with Crippen molar-refractivity contribution >= 4 is 77.0 Å². The third-order valence-corrected chi connectivity index (χ3v) is 14.3. The lowest BCUT2D eigenvalue weighted by Gasteiger charge is -2.30. The van der Waals surface area contributed by atoms with Crippen molar-refractivity contribution in [2.45, 2.75) is 186 Å². The van der Waals surface area contributed by atoms with Crippen LogP contribution >= 0.6 is 0 Å². The predicted octanol–water partition coefficient (Wildman–Crippen LogP) is -2.87. The van der Waals surface area contributed by atoms with Gasteiger partial charge in [0.2, 0.25) is 59.1 Å². The average Bonchev–Trinajstić information content (AvgIpc) is 3.41. The number of aromatic hydroxyl groups is 2. The lowest BCUT2D eigenvalue weighted by molar-refractivity contribution is -0.144. The van der Waals surface area contributed by atoms with Crippen molar-refractivity contribution in [3.63, 3.8) is 0 Å². The Hall–Kier alpha value is -8.97. The molecule has 0 bridgehead atoms. The Kier molecular flexibility index (Phi) is 32.2. The van der Waals surface area contributed by atoms with E-state index >= 15 is 0 Å². The maximum Gasteiger partial charge on any atom is 0.326 e. The van der Waals surface area contributed by atoms with Crippen molar-refractivity contribution in [3.05, 3.63) is 59.7 Å². The molecule has 2 aromatic rings. The highest BCUT2D eigenvalue weighted by molar-refractivity contribution is 5.99. The number of phenols is 2. The molecule has 0 aliphatic carbocycles. The molecular formula is C58H88N12O19. The Morgan fingerprint density at radius 3 is 1.17 bits per heavy atom. The molecular weight excluding hydrogens is 1170 g/mol. The van der Waals surface area contributed by atoms with Crippen LogP contribution in [0.25, 0.3) is 0 Å². The van der Waals surface area contributed by atoms with Crippen LogP contribution in [0.15, 0.2) is 48.5 Å². The maximum atomic E-state index is 14.2. The fourth-order valence-corrected chi connectivity index (χ4v) is 8.76. The van der Waals surface area contributed by atoms with Gasteiger partial charge in [0.1, 0.15) is 65.9 Å². The number of carbonyl (C=O) groups is 13. The minimum absolute atomic E-state index is 0.0608. The number of rotatable bonds is 40. The normalized spacial score (nSPS) is 15.2. The van der Waals surface area contributed by atoms with E-state index in [1.807, 2.05) is 0 Å². The third-order valence-electron chi connectivity index (χ3n) is 14.3. The van der Waals surface area contributed by atoms with Gasteiger partial charge in [-0.2, -0.15) is 0 Å². The van der Waals surface area contributed by atoms with E-state index in [1.165, 1.54) is 76.2 Å². The number of phenolic OH excluding ortho intramolecular Hbond substituents is 2. The predicted molar refractivity (Wildman–Crippen MR) is 318 cm³/mol. The van der Waals surface area contributed by atoms with Gasteiger partial charge in [-0.05, 0) is 98.7 Å². The summed E-state index contributed by atoms with van der Waals surface area (Å²) in [5.74, 6) is -16.5. The number of nitrogens with two attached hydrogens (primary N) is 3. The summed E-state index contributed by atoms with van der Waals surface area (Å²) in [5, 5.41) is 81.4. The summed E-state index contributed by atoms with van der Waals surface area (Å²) >= 11 is 0. The summed E-state index contributed by atoms with van der Waals surface area (Å²) in [6.45, 7) is 10.5. The number of nitrogens with one attached hydrogen (secondary N) is 9. The van der Waals surface area contributed by atoms with E-state index in [9.17, 15) is 87.9 Å². The number of carbonyl (C=O) groups excluding carboxylic acids is 10. The van der Waals surface area contributed by atoms with Crippen LogP contribution in [0, 0.1) is 17.8 Å². The molecule has 0 saturated carbocycles. The molecule has 0 radical (unpaired) electrons. The first kappa shape index (κ1) is 76.1. The highest BCUT2D eigenvalue weighted by atomic mass is 16.4. The molecule has 10 amide bonds. The molecule has 0 fully saturated rings. The van der Waals surface area contributed by atoms with Gasteiger partial charge < -0.3 is 95.7 Å². The van der Waals surface area contributed by atoms with Gasteiger partial charge in [-0.15, -0.1) is 0 Å². The van der Waals surface area contributed by atoms with E-state index in [0.29, 0.717) is 17.5 Å². The number of carboxylic acid groups (broad SMARTS) is 3. The Balaban J connectivity index is 2.47. The van der Waals surface area contributed by atoms with Gasteiger partial charge in [0.05, 0.1) is 12.1 Å². The molecule has 31 heteroatoms. The zero-order chi connectivity index (χ0) is 67.4. The molecule has 0 aliphatic rings. The summed E-state index contributed by atoms with van der Waals surface area (Å²) in [6.07, 6.45) is -4.89. The number of aliphatic carboxylic acids is 3. The van der Waals surface area contributed by atoms with Gasteiger partial charge in [0.15, 0.2) is 0 Å². The Bertz CT molecular complexity index is 2770. The Morgan fingerprint density at radius 2 is 0.775 bits per heavy atom. The van der Waals surface area contributed by atoms with Gasteiger partial charge in [-0.1, -0.05) is 72.2 Å². The van der Waals surface area contributed by atoms with Gasteiger partial charge >= 0.3 is 17.9 Å². The molecule has 494 valence electrons. The van der Waals surface area contributed by atoms with Crippen LogP contribution in [0.5, 0.6) is 11.5 Å². The highest BCUT2D eigenvalue weighted by Crippen LogP contribution is 2.17. The monoisotopic (exact) mass is 1260 g/mol. The summed E-state index contributed by atoms with van der Waals surface area (Å²) in [4.78, 5) is 173. The molecule has 0 unspecified atom stereocenters. The van der Waals surface area contributed by atoms with Crippen molar-refractivity contribution in [2.24, 2.45) is 35.0 Å². The van der Waals surface area contributed by atoms with Gasteiger partial charge in [0, 0.05) is 32.1 Å². The molecule has 0 spiro atoms. The van der Waals surface area contributed by atoms with E-state index in [1.54, 1.807) is 13.8 Å². The van der Waals surface area contributed by atoms with Crippen molar-refractivity contribution in [3.8, 4) is 11.5 Å². The first-order chi connectivity index (χ1) is 41.7. The van der Waals surface area contributed by atoms with Gasteiger partial charge in [-0.3, -0.25) is 57.5 Å². The van der Waals surface area contributed by atoms with Crippen LogP contribution in [0.2, 0.25) is 0 Å². The molecule has 0 saturated heterocycles. The standard InChI is InChI=1S/C58H88N12O19/c1-8-30(6)47(58(88)89)69-53(83)40(26-32-11-15-34(72)16-12-32)66-51(81)38(20-22-42(61)74)63-55(85)45(28(2)3)68-56(86)46(29(4)5)67-52(82)39(21-24-44(77)78)64-57(87)48(31(7)71)70-54(84)41(27-33-13-17-35(73)18-14-33)65-50(80)37(10-9-25-59)62-49(79)36(60)19-23-43(75)76/h11-18,28-31,36-41,45-48,71-73H,8-10,19-27,59-60H2,1-7H3,(H2,61,74)(H,62,79)(H,63,85)(H,64,87)(H,65,80)(H,66,81)(H,67,82)(H,68,86)(H,69,83)(H,70,84)(H,75,76)(H,77,78)(H,88,89)/t30-,31+,36-,37-,38-,39-,40-,41-,45-,46-,47-,48-/m0/s1. The zero-order valence-electron chi connectivity index (χ0n) is 50.9. The summed E-state index contributed by atoms with van der Waals surface area (Å²) in [5.41, 5.74) is 17.8. The largest absolute Gasteiger partial charge is 0.508 e. The summed E-state index contributed by atoms with van der Waals surface area (Å²) < 4.78 is 0. The fraction of sp³-hybridized carbons (Fsp3) is 0.569. The summed E-state index contributed by atoms with van der Waals surface area (Å²) in [7, 11) is 0. The summed E-state index contributed by atoms with van der Waals surface area (Å²) in [6, 6.07) is -4.64. The third kappa shape index (κ3) is 26.9.